The van der Waals surface area contributed by atoms with Gasteiger partial charge in [0, 0.05) is 17.6 Å². The van der Waals surface area contributed by atoms with E-state index in [0.29, 0.717) is 27.3 Å². The molecule has 0 atom stereocenters. The van der Waals surface area contributed by atoms with Crippen LogP contribution in [-0.4, -0.2) is 19.3 Å². The first kappa shape index (κ1) is 10.2. The SMILES string of the molecule is Cc1nsc(Nc2nc(N)cc(Br)n2)n1. The molecule has 0 saturated carbocycles. The molecule has 0 bridgehead atoms. The predicted octanol–water partition coefficient (Wildman–Crippen LogP) is 1.72. The molecule has 0 amide bonds. The largest absolute Gasteiger partial charge is 0.383 e. The van der Waals surface area contributed by atoms with E-state index < -0.39 is 0 Å². The van der Waals surface area contributed by atoms with Crippen molar-refractivity contribution in [3.8, 4) is 0 Å². The maximum atomic E-state index is 5.56. The summed E-state index contributed by atoms with van der Waals surface area (Å²) in [4.78, 5) is 12.2. The molecule has 6 nitrogen and oxygen atoms in total. The van der Waals surface area contributed by atoms with Gasteiger partial charge in [-0.3, -0.25) is 5.32 Å². The van der Waals surface area contributed by atoms with Crippen molar-refractivity contribution in [3.05, 3.63) is 16.5 Å². The number of rotatable bonds is 2. The maximum absolute atomic E-state index is 5.56. The number of hydrogen-bond acceptors (Lipinski definition) is 7. The van der Waals surface area contributed by atoms with Crippen molar-refractivity contribution in [3.63, 3.8) is 0 Å². The second-order valence-corrected chi connectivity index (χ2v) is 4.28. The monoisotopic (exact) mass is 286 g/mol. The van der Waals surface area contributed by atoms with Crippen LogP contribution in [0, 0.1) is 6.92 Å². The van der Waals surface area contributed by atoms with Crippen molar-refractivity contribution >= 4 is 44.4 Å². The summed E-state index contributed by atoms with van der Waals surface area (Å²) < 4.78 is 4.65. The maximum Gasteiger partial charge on any atom is 0.232 e. The lowest BCUT2D eigenvalue weighted by Crippen LogP contribution is -2.00. The van der Waals surface area contributed by atoms with Gasteiger partial charge in [-0.15, -0.1) is 0 Å². The van der Waals surface area contributed by atoms with Gasteiger partial charge in [0.15, 0.2) is 0 Å². The summed E-state index contributed by atoms with van der Waals surface area (Å²) in [5.74, 6) is 1.50. The molecule has 0 unspecified atom stereocenters. The average Bonchev–Trinajstić information content (AvgIpc) is 2.49. The number of nitrogen functional groups attached to an aromatic ring is 1. The Bertz CT molecular complexity index is 464. The van der Waals surface area contributed by atoms with Crippen molar-refractivity contribution < 1.29 is 0 Å². The lowest BCUT2D eigenvalue weighted by Gasteiger charge is -2.01. The van der Waals surface area contributed by atoms with E-state index >= 15 is 0 Å². The van der Waals surface area contributed by atoms with Gasteiger partial charge in [-0.2, -0.15) is 9.36 Å². The molecular weight excluding hydrogens is 280 g/mol. The highest BCUT2D eigenvalue weighted by Crippen LogP contribution is 2.18. The van der Waals surface area contributed by atoms with Crippen LogP contribution < -0.4 is 11.1 Å². The summed E-state index contributed by atoms with van der Waals surface area (Å²) in [5, 5.41) is 3.56. The fourth-order valence-corrected chi connectivity index (χ4v) is 1.91. The summed E-state index contributed by atoms with van der Waals surface area (Å²) >= 11 is 4.48. The van der Waals surface area contributed by atoms with Crippen LogP contribution in [0.1, 0.15) is 5.82 Å². The van der Waals surface area contributed by atoms with Crippen LogP contribution in [0.4, 0.5) is 16.9 Å². The first-order valence-electron chi connectivity index (χ1n) is 4.01. The fraction of sp³-hybridized carbons (Fsp3) is 0.143. The molecule has 2 rings (SSSR count). The van der Waals surface area contributed by atoms with Gasteiger partial charge in [-0.25, -0.2) is 9.97 Å². The van der Waals surface area contributed by atoms with Gasteiger partial charge >= 0.3 is 0 Å². The van der Waals surface area contributed by atoms with E-state index in [4.69, 9.17) is 5.73 Å². The molecular formula is C7H7BrN6S. The molecule has 2 heterocycles. The molecule has 0 spiro atoms. The lowest BCUT2D eigenvalue weighted by molar-refractivity contribution is 1.12. The molecule has 3 N–H and O–H groups in total. The van der Waals surface area contributed by atoms with Crippen LogP contribution in [-0.2, 0) is 0 Å². The highest BCUT2D eigenvalue weighted by molar-refractivity contribution is 9.10. The highest BCUT2D eigenvalue weighted by Gasteiger charge is 2.04. The van der Waals surface area contributed by atoms with Gasteiger partial charge in [0.1, 0.15) is 16.2 Å². The molecule has 0 fully saturated rings. The molecule has 2 aromatic rings. The quantitative estimate of drug-likeness (QED) is 0.817. The Morgan fingerprint density at radius 3 is 2.80 bits per heavy atom. The summed E-state index contributed by atoms with van der Waals surface area (Å²) in [7, 11) is 0. The van der Waals surface area contributed by atoms with Gasteiger partial charge in [0.2, 0.25) is 11.1 Å². The van der Waals surface area contributed by atoms with Crippen molar-refractivity contribution in [1.82, 2.24) is 19.3 Å². The van der Waals surface area contributed by atoms with Crippen LogP contribution in [0.3, 0.4) is 0 Å². The van der Waals surface area contributed by atoms with Crippen LogP contribution in [0.25, 0.3) is 0 Å². The van der Waals surface area contributed by atoms with E-state index in [9.17, 15) is 0 Å². The predicted molar refractivity (Wildman–Crippen MR) is 62.1 cm³/mol. The van der Waals surface area contributed by atoms with E-state index in [2.05, 4.69) is 40.6 Å². The molecule has 0 aliphatic carbocycles. The smallest absolute Gasteiger partial charge is 0.232 e. The second kappa shape index (κ2) is 4.07. The molecule has 2 aromatic heterocycles. The Morgan fingerprint density at radius 1 is 1.40 bits per heavy atom. The van der Waals surface area contributed by atoms with Crippen molar-refractivity contribution in [2.24, 2.45) is 0 Å². The zero-order valence-corrected chi connectivity index (χ0v) is 10.1. The molecule has 15 heavy (non-hydrogen) atoms. The normalized spacial score (nSPS) is 10.3. The minimum Gasteiger partial charge on any atom is -0.383 e. The number of hydrogen-bond donors (Lipinski definition) is 2. The minimum absolute atomic E-state index is 0.389. The average molecular weight is 287 g/mol. The van der Waals surface area contributed by atoms with Crippen molar-refractivity contribution in [1.29, 1.82) is 0 Å². The van der Waals surface area contributed by atoms with Gasteiger partial charge in [-0.05, 0) is 22.9 Å². The van der Waals surface area contributed by atoms with E-state index in [1.54, 1.807) is 6.07 Å². The number of anilines is 3. The summed E-state index contributed by atoms with van der Waals surface area (Å²) in [6, 6.07) is 1.62. The Morgan fingerprint density at radius 2 is 2.20 bits per heavy atom. The third-order valence-electron chi connectivity index (χ3n) is 1.46. The summed E-state index contributed by atoms with van der Waals surface area (Å²) in [5.41, 5.74) is 5.56. The number of nitrogens with two attached hydrogens (primary N) is 1. The van der Waals surface area contributed by atoms with Gasteiger partial charge in [0.05, 0.1) is 0 Å². The molecule has 0 radical (unpaired) electrons. The van der Waals surface area contributed by atoms with Gasteiger partial charge < -0.3 is 5.73 Å². The topological polar surface area (TPSA) is 89.6 Å². The zero-order chi connectivity index (χ0) is 10.8. The van der Waals surface area contributed by atoms with E-state index in [0.717, 1.165) is 0 Å². The van der Waals surface area contributed by atoms with Crippen molar-refractivity contribution in [2.75, 3.05) is 11.1 Å². The summed E-state index contributed by atoms with van der Waals surface area (Å²) in [6.07, 6.45) is 0. The second-order valence-electron chi connectivity index (χ2n) is 2.71. The third-order valence-corrected chi connectivity index (χ3v) is 2.59. The minimum atomic E-state index is 0.389. The zero-order valence-electron chi connectivity index (χ0n) is 7.73. The first-order valence-corrected chi connectivity index (χ1v) is 5.57. The number of nitrogens with one attached hydrogen (secondary N) is 1. The Balaban J connectivity index is 2.24. The number of aryl methyl sites for hydroxylation is 1. The Kier molecular flexibility index (Phi) is 2.78. The molecule has 78 valence electrons. The third kappa shape index (κ3) is 2.60. The van der Waals surface area contributed by atoms with Gasteiger partial charge in [-0.1, -0.05) is 0 Å². The molecule has 0 aliphatic rings. The first-order chi connectivity index (χ1) is 7.13. The molecule has 0 saturated heterocycles. The molecule has 8 heteroatoms. The number of aromatic nitrogens is 4. The highest BCUT2D eigenvalue weighted by atomic mass is 79.9. The molecule has 0 aromatic carbocycles. The summed E-state index contributed by atoms with van der Waals surface area (Å²) in [6.45, 7) is 1.82. The van der Waals surface area contributed by atoms with Gasteiger partial charge in [0.25, 0.3) is 0 Å². The van der Waals surface area contributed by atoms with Crippen LogP contribution in [0.2, 0.25) is 0 Å². The fourth-order valence-electron chi connectivity index (χ4n) is 0.934. The Hall–Kier alpha value is -1.28. The number of halogens is 1. The van der Waals surface area contributed by atoms with Crippen molar-refractivity contribution in [2.45, 2.75) is 6.92 Å². The Labute approximate surface area is 98.3 Å². The standard InChI is InChI=1S/C7H7BrN6S/c1-3-10-7(15-14-3)13-6-11-4(8)2-5(9)12-6/h2H,1H3,(H3,9,10,11,12,13,14). The van der Waals surface area contributed by atoms with Crippen LogP contribution in [0.5, 0.6) is 0 Å². The number of nitrogens with zero attached hydrogens (tertiary/aromatic N) is 4. The lowest BCUT2D eigenvalue weighted by atomic mass is 10.6. The molecule has 0 aliphatic heterocycles. The van der Waals surface area contributed by atoms with Crippen LogP contribution in [0.15, 0.2) is 10.7 Å². The van der Waals surface area contributed by atoms with Crippen LogP contribution >= 0.6 is 27.5 Å². The van der Waals surface area contributed by atoms with E-state index in [-0.39, 0.29) is 0 Å². The van der Waals surface area contributed by atoms with E-state index in [1.807, 2.05) is 6.92 Å². The van der Waals surface area contributed by atoms with E-state index in [1.165, 1.54) is 11.5 Å².